The Morgan fingerprint density at radius 2 is 0.701 bits per heavy atom. The van der Waals surface area contributed by atoms with Crippen LogP contribution in [0.5, 0.6) is 0 Å². The zero-order valence-corrected chi connectivity index (χ0v) is 41.4. The Morgan fingerprint density at radius 1 is 0.416 bits per heavy atom. The number of halogens is 16. The number of nitrogens with zero attached hydrogens (tertiary/aromatic N) is 1. The van der Waals surface area contributed by atoms with Crippen LogP contribution in [0.1, 0.15) is 111 Å². The quantitative estimate of drug-likeness (QED) is 0.119. The van der Waals surface area contributed by atoms with E-state index in [1.165, 1.54) is 24.3 Å². The van der Waals surface area contributed by atoms with Crippen LogP contribution in [0, 0.1) is 29.0 Å². The number of carboxylic acid groups (broad SMARTS) is 2. The second-order valence-electron chi connectivity index (χ2n) is 18.2. The lowest BCUT2D eigenvalue weighted by Gasteiger charge is -2.20. The Labute approximate surface area is 431 Å². The fraction of sp³-hybridized carbons (Fsp3) is 0.304. The van der Waals surface area contributed by atoms with Crippen LogP contribution in [0.15, 0.2) is 115 Å². The third-order valence-corrected chi connectivity index (χ3v) is 11.5. The summed E-state index contributed by atoms with van der Waals surface area (Å²) in [6.07, 6.45) is -25.3. The van der Waals surface area contributed by atoms with Crippen LogP contribution in [-0.2, 0) is 40.5 Å². The summed E-state index contributed by atoms with van der Waals surface area (Å²) in [5.74, 6) is -5.70. The number of alkyl halides is 15. The Bertz CT molecular complexity index is 2930. The molecule has 0 aromatic heterocycles. The van der Waals surface area contributed by atoms with Crippen molar-refractivity contribution in [3.8, 4) is 50.6 Å². The lowest BCUT2D eigenvalue weighted by molar-refractivity contribution is -0.144. The molecule has 77 heavy (non-hydrogen) atoms. The Balaban J connectivity index is 0.000000331. The van der Waals surface area contributed by atoms with Gasteiger partial charge in [0, 0.05) is 0 Å². The maximum Gasteiger partial charge on any atom is 0.416 e. The van der Waals surface area contributed by atoms with E-state index in [1.807, 2.05) is 33.8 Å². The predicted octanol–water partition coefficient (Wildman–Crippen LogP) is 18.6. The van der Waals surface area contributed by atoms with E-state index in [0.29, 0.717) is 58.5 Å². The second-order valence-corrected chi connectivity index (χ2v) is 18.2. The van der Waals surface area contributed by atoms with Crippen molar-refractivity contribution in [2.45, 2.75) is 97.1 Å². The summed E-state index contributed by atoms with van der Waals surface area (Å²) in [6, 6.07) is 18.9. The minimum absolute atomic E-state index is 0.0728. The molecular weight excluding hydrogens is 1050 g/mol. The summed E-state index contributed by atoms with van der Waals surface area (Å²) in [4.78, 5) is 24.1. The summed E-state index contributed by atoms with van der Waals surface area (Å²) in [5, 5.41) is 28.8. The lowest BCUT2D eigenvalue weighted by atomic mass is 9.85. The molecule has 412 valence electrons. The summed E-state index contributed by atoms with van der Waals surface area (Å²) in [6.45, 7) is 11.0. The van der Waals surface area contributed by atoms with E-state index in [9.17, 15) is 95.3 Å². The highest BCUT2D eigenvalue weighted by Crippen LogP contribution is 2.44. The summed E-state index contributed by atoms with van der Waals surface area (Å²) < 4.78 is 215. The second kappa shape index (κ2) is 24.3. The average Bonchev–Trinajstić information content (AvgIpc) is 3.33. The zero-order valence-electron chi connectivity index (χ0n) is 41.4. The maximum atomic E-state index is 14.1. The third kappa shape index (κ3) is 16.8. The summed E-state index contributed by atoms with van der Waals surface area (Å²) in [7, 11) is 0. The number of benzene rings is 6. The van der Waals surface area contributed by atoms with E-state index in [4.69, 9.17) is 0 Å². The van der Waals surface area contributed by atoms with Crippen LogP contribution >= 0.6 is 0 Å². The Kier molecular flexibility index (Phi) is 19.6. The largest absolute Gasteiger partial charge is 0.481 e. The molecule has 6 aromatic rings. The molecule has 6 aromatic carbocycles. The number of aliphatic carboxylic acids is 2. The molecule has 0 saturated heterocycles. The number of carboxylic acids is 2. The fourth-order valence-electron chi connectivity index (χ4n) is 7.99. The van der Waals surface area contributed by atoms with Crippen molar-refractivity contribution in [1.29, 1.82) is 5.26 Å². The van der Waals surface area contributed by atoms with Crippen LogP contribution in [0.25, 0.3) is 44.5 Å². The third-order valence-electron chi connectivity index (χ3n) is 11.5. The molecular formula is C56H47F16NO4. The standard InChI is InChI=1S/C28H20F12O2.C26H21F4NO2.C2H6/c1-13(2)3-23(24(41)42)18-5-14(16-7-19(25(29,30)31)11-20(8-16)26(32,33)34)4-15(6-18)17-9-21(27(35,36)37)12-22(10-17)28(38,39)40;1-15(2)7-24(25(32)33)21-11-19(17-3-5-22(6-4-17)26(28,29)30)10-20(12-21)18-8-16(14-31)9-23(27)13-18;1-2/h4-13,23H,3H2,1-2H3,(H,41,42);3-6,8-13,15,24H,7H2,1-2H3,(H,32,33);1-2H3. The molecule has 0 fully saturated rings. The first-order valence-electron chi connectivity index (χ1n) is 23.2. The number of rotatable bonds is 12. The van der Waals surface area contributed by atoms with Gasteiger partial charge in [0.1, 0.15) is 5.82 Å². The zero-order chi connectivity index (χ0) is 58.3. The fourth-order valence-corrected chi connectivity index (χ4v) is 7.99. The van der Waals surface area contributed by atoms with Crippen molar-refractivity contribution >= 4 is 11.9 Å². The van der Waals surface area contributed by atoms with Gasteiger partial charge in [0.05, 0.1) is 51.3 Å². The minimum atomic E-state index is -5.26. The molecule has 6 rings (SSSR count). The minimum Gasteiger partial charge on any atom is -0.481 e. The van der Waals surface area contributed by atoms with Crippen molar-refractivity contribution in [1.82, 2.24) is 0 Å². The van der Waals surface area contributed by atoms with Crippen LogP contribution in [0.4, 0.5) is 70.2 Å². The van der Waals surface area contributed by atoms with Gasteiger partial charge in [0.15, 0.2) is 0 Å². The molecule has 2 unspecified atom stereocenters. The highest BCUT2D eigenvalue weighted by Gasteiger charge is 2.39. The number of hydrogen-bond donors (Lipinski definition) is 2. The van der Waals surface area contributed by atoms with Gasteiger partial charge in [-0.1, -0.05) is 77.9 Å². The van der Waals surface area contributed by atoms with Crippen molar-refractivity contribution in [3.63, 3.8) is 0 Å². The van der Waals surface area contributed by atoms with Gasteiger partial charge in [-0.05, 0) is 159 Å². The number of hydrogen-bond acceptors (Lipinski definition) is 3. The summed E-state index contributed by atoms with van der Waals surface area (Å²) >= 11 is 0. The van der Waals surface area contributed by atoms with E-state index >= 15 is 0 Å². The molecule has 2 N–H and O–H groups in total. The maximum absolute atomic E-state index is 14.1. The van der Waals surface area contributed by atoms with Gasteiger partial charge < -0.3 is 10.2 Å². The van der Waals surface area contributed by atoms with Crippen LogP contribution in [0.3, 0.4) is 0 Å². The lowest BCUT2D eigenvalue weighted by Crippen LogP contribution is -2.15. The van der Waals surface area contributed by atoms with Crippen LogP contribution in [-0.4, -0.2) is 22.2 Å². The molecule has 0 aliphatic rings. The monoisotopic (exact) mass is 1100 g/mol. The molecule has 0 bridgehead atoms. The van der Waals surface area contributed by atoms with E-state index in [-0.39, 0.29) is 41.5 Å². The van der Waals surface area contributed by atoms with Crippen molar-refractivity contribution in [2.75, 3.05) is 0 Å². The smallest absolute Gasteiger partial charge is 0.416 e. The normalized spacial score (nSPS) is 13.0. The molecule has 0 aliphatic heterocycles. The first-order chi connectivity index (χ1) is 35.4. The molecule has 0 radical (unpaired) electrons. The SMILES string of the molecule is CC.CC(C)CC(C(=O)O)c1cc(-c2cc(C(F)(F)F)cc(C(F)(F)F)c2)cc(-c2cc(C(F)(F)F)cc(C(F)(F)F)c2)c1.CC(C)CC(C(=O)O)c1cc(-c2ccc(C(F)(F)F)cc2)cc(-c2cc(F)cc(C#N)c2)c1. The van der Waals surface area contributed by atoms with Crippen molar-refractivity contribution in [3.05, 3.63) is 166 Å². The van der Waals surface area contributed by atoms with Crippen molar-refractivity contribution < 1.29 is 90.0 Å². The summed E-state index contributed by atoms with van der Waals surface area (Å²) in [5.41, 5.74) is -8.07. The molecule has 0 amide bonds. The van der Waals surface area contributed by atoms with Gasteiger partial charge in [-0.15, -0.1) is 0 Å². The van der Waals surface area contributed by atoms with Gasteiger partial charge in [0.25, 0.3) is 0 Å². The van der Waals surface area contributed by atoms with Gasteiger partial charge in [-0.2, -0.15) is 71.1 Å². The number of carbonyl (C=O) groups is 2. The van der Waals surface area contributed by atoms with Crippen LogP contribution < -0.4 is 0 Å². The molecule has 0 heterocycles. The molecule has 0 saturated carbocycles. The number of nitriles is 1. The van der Waals surface area contributed by atoms with E-state index in [2.05, 4.69) is 0 Å². The van der Waals surface area contributed by atoms with Gasteiger partial charge in [-0.3, -0.25) is 9.59 Å². The van der Waals surface area contributed by atoms with Gasteiger partial charge >= 0.3 is 42.8 Å². The molecule has 0 spiro atoms. The highest BCUT2D eigenvalue weighted by molar-refractivity contribution is 5.82. The molecule has 2 atom stereocenters. The average molecular weight is 1100 g/mol. The first kappa shape index (κ1) is 62.2. The van der Waals surface area contributed by atoms with Gasteiger partial charge in [0.2, 0.25) is 0 Å². The Morgan fingerprint density at radius 3 is 0.974 bits per heavy atom. The predicted molar refractivity (Wildman–Crippen MR) is 255 cm³/mol. The van der Waals surface area contributed by atoms with E-state index in [1.54, 1.807) is 32.0 Å². The van der Waals surface area contributed by atoms with E-state index < -0.39 is 111 Å². The topological polar surface area (TPSA) is 98.4 Å². The molecule has 5 nitrogen and oxygen atoms in total. The van der Waals surface area contributed by atoms with Crippen LogP contribution in [0.2, 0.25) is 0 Å². The highest BCUT2D eigenvalue weighted by atomic mass is 19.4. The van der Waals surface area contributed by atoms with Gasteiger partial charge in [-0.25, -0.2) is 4.39 Å². The van der Waals surface area contributed by atoms with Crippen molar-refractivity contribution in [2.24, 2.45) is 11.8 Å². The Hall–Kier alpha value is -7.37. The molecule has 21 heteroatoms. The first-order valence-corrected chi connectivity index (χ1v) is 23.2. The van der Waals surface area contributed by atoms with E-state index in [0.717, 1.165) is 36.4 Å². The molecule has 0 aliphatic carbocycles.